The Morgan fingerprint density at radius 3 is 1.54 bits per heavy atom. The Labute approximate surface area is 169 Å². The Kier molecular flexibility index (Phi) is 5.79. The van der Waals surface area contributed by atoms with Gasteiger partial charge in [0.25, 0.3) is 0 Å². The van der Waals surface area contributed by atoms with Gasteiger partial charge in [-0.05, 0) is 60.7 Å². The third kappa shape index (κ3) is 3.47. The molecule has 0 heterocycles. The lowest BCUT2D eigenvalue weighted by atomic mass is 9.84. The Morgan fingerprint density at radius 2 is 1.07 bits per heavy atom. The molecule has 0 aromatic heterocycles. The highest BCUT2D eigenvalue weighted by Crippen LogP contribution is 2.39. The maximum absolute atomic E-state index is 12.9. The second-order valence-electron chi connectivity index (χ2n) is 7.42. The molecule has 4 heteroatoms. The first-order chi connectivity index (χ1) is 13.7. The van der Waals surface area contributed by atoms with Crippen LogP contribution in [0.15, 0.2) is 99.6 Å². The summed E-state index contributed by atoms with van der Waals surface area (Å²) in [6, 6.07) is 27.8. The summed E-state index contributed by atoms with van der Waals surface area (Å²) in [6.45, 7) is 0. The lowest BCUT2D eigenvalue weighted by Crippen LogP contribution is -2.15. The summed E-state index contributed by atoms with van der Waals surface area (Å²) in [5.74, 6) is 0.613. The molecular weight excluding hydrogens is 384 g/mol. The van der Waals surface area contributed by atoms with E-state index >= 15 is 0 Å². The van der Waals surface area contributed by atoms with Crippen molar-refractivity contribution in [2.75, 3.05) is 0 Å². The van der Waals surface area contributed by atoms with E-state index in [1.54, 1.807) is 0 Å². The zero-order chi connectivity index (χ0) is 19.4. The average Bonchev–Trinajstić information content (AvgIpc) is 2.77. The zero-order valence-corrected chi connectivity index (χ0v) is 17.6. The molecule has 28 heavy (non-hydrogen) atoms. The van der Waals surface area contributed by atoms with Crippen molar-refractivity contribution in [3.8, 4) is 0 Å². The van der Waals surface area contributed by atoms with E-state index in [-0.39, 0.29) is 0 Å². The predicted molar refractivity (Wildman–Crippen MR) is 118 cm³/mol. The van der Waals surface area contributed by atoms with Gasteiger partial charge in [0, 0.05) is 14.7 Å². The van der Waals surface area contributed by atoms with E-state index in [2.05, 4.69) is 24.3 Å². The molecule has 0 saturated heterocycles. The zero-order valence-electron chi connectivity index (χ0n) is 15.9. The molecule has 2 nitrogen and oxygen atoms in total. The summed E-state index contributed by atoms with van der Waals surface area (Å²) in [5.41, 5.74) is 1.35. The number of thiol groups is 1. The van der Waals surface area contributed by atoms with E-state index in [0.717, 1.165) is 14.7 Å². The number of rotatable bonds is 4. The van der Waals surface area contributed by atoms with Crippen molar-refractivity contribution < 1.29 is 8.42 Å². The van der Waals surface area contributed by atoms with E-state index in [9.17, 15) is 8.42 Å². The van der Waals surface area contributed by atoms with Crippen LogP contribution in [0, 0.1) is 0 Å². The summed E-state index contributed by atoms with van der Waals surface area (Å²) in [4.78, 5) is 2.65. The van der Waals surface area contributed by atoms with Gasteiger partial charge in [-0.25, -0.2) is 0 Å². The monoisotopic (exact) mass is 410 g/mol. The fraction of sp³-hybridized carbons (Fsp3) is 0.250. The summed E-state index contributed by atoms with van der Waals surface area (Å²) >= 11 is 0. The molecule has 146 valence electrons. The predicted octanol–water partition coefficient (Wildman–Crippen LogP) is 5.89. The molecule has 1 saturated carbocycles. The number of hydrogen-bond acceptors (Lipinski definition) is 2. The van der Waals surface area contributed by atoms with Gasteiger partial charge < -0.3 is 0 Å². The highest BCUT2D eigenvalue weighted by molar-refractivity contribution is 8.44. The van der Waals surface area contributed by atoms with Gasteiger partial charge in [-0.1, -0.05) is 76.4 Å². The minimum Gasteiger partial charge on any atom is -0.179 e. The van der Waals surface area contributed by atoms with Crippen molar-refractivity contribution in [1.82, 2.24) is 0 Å². The van der Waals surface area contributed by atoms with Crippen LogP contribution in [0.1, 0.15) is 43.6 Å². The van der Waals surface area contributed by atoms with Gasteiger partial charge in [0.05, 0.1) is 0 Å². The van der Waals surface area contributed by atoms with E-state index in [1.165, 1.54) is 37.7 Å². The first kappa shape index (κ1) is 19.2. The van der Waals surface area contributed by atoms with E-state index in [1.807, 2.05) is 60.7 Å². The lowest BCUT2D eigenvalue weighted by molar-refractivity contribution is 0.443. The average molecular weight is 411 g/mol. The normalized spacial score (nSPS) is 15.9. The number of hydrogen-bond donors (Lipinski definition) is 1. The van der Waals surface area contributed by atoms with Gasteiger partial charge >= 0.3 is 0 Å². The first-order valence-electron chi connectivity index (χ1n) is 9.93. The molecule has 0 atom stereocenters. The standard InChI is InChI=1S/C24H26O2S2/c25-27(26)28(22-12-6-2-7-13-22,23-14-8-3-9-15-23)24-18-16-21(17-19-24)20-10-4-1-5-11-20/h2-3,6-9,12-20,28H,1,4-5,10-11H2. The highest BCUT2D eigenvalue weighted by atomic mass is 32.9. The molecule has 0 aliphatic heterocycles. The van der Waals surface area contributed by atoms with Crippen LogP contribution < -0.4 is 0 Å². The Bertz CT molecular complexity index is 1030. The summed E-state index contributed by atoms with van der Waals surface area (Å²) in [6.07, 6.45) is 6.40. The molecule has 0 spiro atoms. The van der Waals surface area contributed by atoms with Crippen LogP contribution in [-0.4, -0.2) is 8.42 Å². The molecule has 0 bridgehead atoms. The van der Waals surface area contributed by atoms with E-state index in [4.69, 9.17) is 0 Å². The third-order valence-corrected chi connectivity index (χ3v) is 12.6. The molecule has 0 N–H and O–H groups in total. The quantitative estimate of drug-likeness (QED) is 0.544. The van der Waals surface area contributed by atoms with Crippen molar-refractivity contribution in [1.29, 1.82) is 0 Å². The molecule has 3 aromatic carbocycles. The van der Waals surface area contributed by atoms with Crippen molar-refractivity contribution in [3.63, 3.8) is 0 Å². The van der Waals surface area contributed by atoms with Crippen molar-refractivity contribution in [3.05, 3.63) is 90.5 Å². The molecule has 0 unspecified atom stereocenters. The second kappa shape index (κ2) is 8.46. The fourth-order valence-electron chi connectivity index (χ4n) is 4.37. The second-order valence-corrected chi connectivity index (χ2v) is 13.2. The van der Waals surface area contributed by atoms with Gasteiger partial charge in [0.1, 0.15) is 0 Å². The van der Waals surface area contributed by atoms with Gasteiger partial charge in [0.2, 0.25) is 9.26 Å². The van der Waals surface area contributed by atoms with Gasteiger partial charge in [-0.2, -0.15) is 8.42 Å². The Hall–Kier alpha value is -2.17. The van der Waals surface area contributed by atoms with Crippen LogP contribution in [0.3, 0.4) is 0 Å². The van der Waals surface area contributed by atoms with Crippen molar-refractivity contribution in [2.24, 2.45) is 0 Å². The lowest BCUT2D eigenvalue weighted by Gasteiger charge is -2.29. The van der Waals surface area contributed by atoms with Crippen molar-refractivity contribution >= 4 is 17.9 Å². The smallest absolute Gasteiger partial charge is 0.179 e. The first-order valence-corrected chi connectivity index (χ1v) is 13.4. The largest absolute Gasteiger partial charge is 0.233 e. The topological polar surface area (TPSA) is 34.1 Å². The molecule has 1 aliphatic carbocycles. The van der Waals surface area contributed by atoms with Crippen LogP contribution in [-0.2, 0) is 17.9 Å². The van der Waals surface area contributed by atoms with Crippen LogP contribution in [0.2, 0.25) is 0 Å². The minimum absolute atomic E-state index is 0.613. The minimum atomic E-state index is -2.77. The Morgan fingerprint density at radius 1 is 0.607 bits per heavy atom. The number of benzene rings is 3. The fourth-order valence-corrected chi connectivity index (χ4v) is 10.2. The van der Waals surface area contributed by atoms with Gasteiger partial charge in [0.15, 0.2) is 0 Å². The molecule has 0 amide bonds. The molecular formula is C24H26O2S2. The third-order valence-electron chi connectivity index (χ3n) is 5.80. The highest BCUT2D eigenvalue weighted by Gasteiger charge is 2.25. The molecule has 1 fully saturated rings. The van der Waals surface area contributed by atoms with Crippen LogP contribution >= 0.6 is 0 Å². The molecule has 4 rings (SSSR count). The van der Waals surface area contributed by atoms with Crippen molar-refractivity contribution in [2.45, 2.75) is 52.7 Å². The van der Waals surface area contributed by atoms with Gasteiger partial charge in [-0.3, -0.25) is 0 Å². The molecule has 0 radical (unpaired) electrons. The maximum atomic E-state index is 12.9. The Balaban J connectivity index is 1.91. The van der Waals surface area contributed by atoms with Gasteiger partial charge in [-0.15, -0.1) is 0 Å². The SMILES string of the molecule is O=S(=O)=[SH](c1ccccc1)(c1ccccc1)c1ccc(C2CCCCC2)cc1. The van der Waals surface area contributed by atoms with Crippen LogP contribution in [0.5, 0.6) is 0 Å². The summed E-state index contributed by atoms with van der Waals surface area (Å²) in [7, 11) is -5.03. The van der Waals surface area contributed by atoms with E-state index in [0.29, 0.717) is 5.92 Å². The molecule has 1 aliphatic rings. The van der Waals surface area contributed by atoms with Crippen LogP contribution in [0.25, 0.3) is 0 Å². The summed E-state index contributed by atoms with van der Waals surface area (Å²) < 4.78 is 25.7. The molecule has 3 aromatic rings. The maximum Gasteiger partial charge on any atom is 0.233 e. The van der Waals surface area contributed by atoms with Crippen LogP contribution in [0.4, 0.5) is 0 Å². The van der Waals surface area contributed by atoms with E-state index < -0.39 is 17.9 Å². The summed E-state index contributed by atoms with van der Waals surface area (Å²) in [5, 5.41) is 0.